The Morgan fingerprint density at radius 1 is 1.16 bits per heavy atom. The van der Waals surface area contributed by atoms with Crippen LogP contribution in [-0.4, -0.2) is 34.5 Å². The molecule has 2 N–H and O–H groups in total. The summed E-state index contributed by atoms with van der Waals surface area (Å²) in [6.07, 6.45) is 7.50. The second-order valence-corrected chi connectivity index (χ2v) is 7.84. The molecule has 0 fully saturated rings. The van der Waals surface area contributed by atoms with E-state index in [-0.39, 0.29) is 5.69 Å². The van der Waals surface area contributed by atoms with Crippen LogP contribution in [0.5, 0.6) is 0 Å². The van der Waals surface area contributed by atoms with Gasteiger partial charge in [0, 0.05) is 50.2 Å². The second-order valence-electron chi connectivity index (χ2n) is 7.44. The van der Waals surface area contributed by atoms with Crippen LogP contribution in [0.15, 0.2) is 49.1 Å². The average molecular weight is 444 g/mol. The molecule has 10 heteroatoms. The molecule has 5 aromatic rings. The monoisotopic (exact) mass is 443 g/mol. The lowest BCUT2D eigenvalue weighted by Gasteiger charge is -2.12. The van der Waals surface area contributed by atoms with Gasteiger partial charge in [-0.25, -0.2) is 9.97 Å². The lowest BCUT2D eigenvalue weighted by Crippen LogP contribution is -2.07. The minimum Gasteiger partial charge on any atom is -0.364 e. The quantitative estimate of drug-likeness (QED) is 0.426. The number of nitrogens with one attached hydrogen (secondary N) is 2. The number of aryl methyl sites for hydroxylation is 2. The Labute approximate surface area is 188 Å². The molecule has 0 aliphatic rings. The number of rotatable bonds is 5. The lowest BCUT2D eigenvalue weighted by molar-refractivity contribution is 0.770. The maximum Gasteiger partial charge on any atom is 0.183 e. The van der Waals surface area contributed by atoms with Crippen LogP contribution in [-0.2, 0) is 20.6 Å². The van der Waals surface area contributed by atoms with Crippen molar-refractivity contribution in [3.63, 3.8) is 0 Å². The highest BCUT2D eigenvalue weighted by Gasteiger charge is 2.20. The van der Waals surface area contributed by atoms with E-state index in [1.165, 1.54) is 0 Å². The van der Waals surface area contributed by atoms with Crippen molar-refractivity contribution in [2.45, 2.75) is 6.54 Å². The number of anilines is 1. The molecule has 0 saturated heterocycles. The van der Waals surface area contributed by atoms with Crippen LogP contribution in [0.4, 0.5) is 5.82 Å². The number of hydrogen-bond acceptors (Lipinski definition) is 6. The summed E-state index contributed by atoms with van der Waals surface area (Å²) in [7, 11) is 3.79. The maximum atomic E-state index is 9.79. The number of halogens is 1. The van der Waals surface area contributed by atoms with Gasteiger partial charge in [-0.2, -0.15) is 15.5 Å². The van der Waals surface area contributed by atoms with Crippen LogP contribution in [0, 0.1) is 11.3 Å². The zero-order valence-electron chi connectivity index (χ0n) is 17.3. The molecular weight excluding hydrogens is 426 g/mol. The highest BCUT2D eigenvalue weighted by molar-refractivity contribution is 6.35. The molecule has 1 aromatic carbocycles. The number of benzene rings is 1. The van der Waals surface area contributed by atoms with Crippen molar-refractivity contribution in [3.05, 3.63) is 65.3 Å². The predicted octanol–water partition coefficient (Wildman–Crippen LogP) is 3.90. The van der Waals surface area contributed by atoms with Gasteiger partial charge in [-0.15, -0.1) is 0 Å². The van der Waals surface area contributed by atoms with Gasteiger partial charge in [0.15, 0.2) is 11.5 Å². The van der Waals surface area contributed by atoms with E-state index >= 15 is 0 Å². The molecule has 0 unspecified atom stereocenters. The molecular formula is C22H18ClN9. The highest BCUT2D eigenvalue weighted by atomic mass is 35.5. The summed E-state index contributed by atoms with van der Waals surface area (Å²) in [5, 5.41) is 25.8. The fourth-order valence-corrected chi connectivity index (χ4v) is 3.83. The first-order chi connectivity index (χ1) is 15.5. The molecule has 0 bridgehead atoms. The van der Waals surface area contributed by atoms with Gasteiger partial charge in [0.25, 0.3) is 0 Å². The van der Waals surface area contributed by atoms with Gasteiger partial charge < -0.3 is 9.88 Å². The zero-order chi connectivity index (χ0) is 22.2. The summed E-state index contributed by atoms with van der Waals surface area (Å²) in [6.45, 7) is 0.512. The van der Waals surface area contributed by atoms with Crippen molar-refractivity contribution >= 4 is 28.3 Å². The Morgan fingerprint density at radius 2 is 2.03 bits per heavy atom. The van der Waals surface area contributed by atoms with E-state index < -0.39 is 0 Å². The van der Waals surface area contributed by atoms with Crippen LogP contribution >= 0.6 is 11.6 Å². The van der Waals surface area contributed by atoms with Gasteiger partial charge in [0.1, 0.15) is 23.2 Å². The number of aromatic amines is 1. The second kappa shape index (κ2) is 7.83. The summed E-state index contributed by atoms with van der Waals surface area (Å²) >= 11 is 6.46. The fraction of sp³-hybridized carbons (Fsp3) is 0.136. The van der Waals surface area contributed by atoms with Gasteiger partial charge in [-0.05, 0) is 29.8 Å². The van der Waals surface area contributed by atoms with Gasteiger partial charge in [-0.3, -0.25) is 9.78 Å². The third kappa shape index (κ3) is 3.57. The number of nitriles is 1. The molecule has 0 atom stereocenters. The Morgan fingerprint density at radius 3 is 2.75 bits per heavy atom. The first-order valence-corrected chi connectivity index (χ1v) is 10.2. The molecule has 4 aromatic heterocycles. The van der Waals surface area contributed by atoms with Crippen molar-refractivity contribution in [1.82, 2.24) is 34.5 Å². The summed E-state index contributed by atoms with van der Waals surface area (Å²) in [4.78, 5) is 9.44. The van der Waals surface area contributed by atoms with Crippen LogP contribution in [0.2, 0.25) is 5.02 Å². The molecule has 0 saturated carbocycles. The third-order valence-electron chi connectivity index (χ3n) is 5.09. The van der Waals surface area contributed by atoms with E-state index in [0.717, 1.165) is 22.0 Å². The summed E-state index contributed by atoms with van der Waals surface area (Å²) in [5.41, 5.74) is 4.45. The van der Waals surface area contributed by atoms with E-state index in [9.17, 15) is 5.26 Å². The standard InChI is InChI=1S/C22H18ClN9/c1-31-5-3-13(12-31)10-25-22-18(9-24)27-20(21(28-22)17-4-6-32(2)30-17)14-7-15-11-26-29-19(15)16(23)8-14/h3-8,11-12H,10H2,1-2H3,(H,25,28)(H,26,29). The predicted molar refractivity (Wildman–Crippen MR) is 122 cm³/mol. The topological polar surface area (TPSA) is 113 Å². The Balaban J connectivity index is 1.65. The summed E-state index contributed by atoms with van der Waals surface area (Å²) < 4.78 is 3.66. The number of hydrogen-bond donors (Lipinski definition) is 2. The van der Waals surface area contributed by atoms with Crippen molar-refractivity contribution < 1.29 is 0 Å². The van der Waals surface area contributed by atoms with E-state index in [2.05, 4.69) is 31.7 Å². The van der Waals surface area contributed by atoms with Crippen molar-refractivity contribution in [2.75, 3.05) is 5.32 Å². The summed E-state index contributed by atoms with van der Waals surface area (Å²) in [6, 6.07) is 9.73. The van der Waals surface area contributed by atoms with Gasteiger partial charge in [-0.1, -0.05) is 11.6 Å². The SMILES string of the molecule is Cn1ccc(CNc2nc(-c3ccn(C)n3)c(-c3cc(Cl)c4[nH]ncc4c3)nc2C#N)c1. The fourth-order valence-electron chi connectivity index (χ4n) is 3.56. The van der Waals surface area contributed by atoms with Crippen molar-refractivity contribution in [2.24, 2.45) is 14.1 Å². The van der Waals surface area contributed by atoms with Crippen LogP contribution in [0.3, 0.4) is 0 Å². The number of H-pyrrole nitrogens is 1. The number of aromatic nitrogens is 7. The number of fused-ring (bicyclic) bond motifs is 1. The van der Waals surface area contributed by atoms with Crippen LogP contribution in [0.1, 0.15) is 11.3 Å². The average Bonchev–Trinajstić information content (AvgIpc) is 3.53. The first kappa shape index (κ1) is 19.8. The molecule has 5 rings (SSSR count). The molecule has 0 aliphatic heterocycles. The third-order valence-corrected chi connectivity index (χ3v) is 5.38. The van der Waals surface area contributed by atoms with E-state index in [1.54, 1.807) is 16.9 Å². The normalized spacial score (nSPS) is 11.1. The Hall–Kier alpha value is -4.16. The minimum atomic E-state index is 0.194. The first-order valence-electron chi connectivity index (χ1n) is 9.81. The smallest absolute Gasteiger partial charge is 0.183 e. The summed E-state index contributed by atoms with van der Waals surface area (Å²) in [5.74, 6) is 0.399. The van der Waals surface area contributed by atoms with E-state index in [4.69, 9.17) is 16.6 Å². The molecule has 0 spiro atoms. The van der Waals surface area contributed by atoms with Crippen LogP contribution in [0.25, 0.3) is 33.5 Å². The Bertz CT molecular complexity index is 1490. The maximum absolute atomic E-state index is 9.79. The lowest BCUT2D eigenvalue weighted by atomic mass is 10.1. The molecule has 0 radical (unpaired) electrons. The van der Waals surface area contributed by atoms with Crippen molar-refractivity contribution in [1.29, 1.82) is 5.26 Å². The largest absolute Gasteiger partial charge is 0.364 e. The molecule has 0 aliphatic carbocycles. The van der Waals surface area contributed by atoms with Gasteiger partial charge in [0.05, 0.1) is 16.7 Å². The number of nitrogens with zero attached hydrogens (tertiary/aromatic N) is 7. The zero-order valence-corrected chi connectivity index (χ0v) is 18.1. The minimum absolute atomic E-state index is 0.194. The molecule has 158 valence electrons. The van der Waals surface area contributed by atoms with E-state index in [1.807, 2.05) is 55.5 Å². The van der Waals surface area contributed by atoms with Crippen LogP contribution < -0.4 is 5.32 Å². The van der Waals surface area contributed by atoms with Gasteiger partial charge in [0.2, 0.25) is 0 Å². The van der Waals surface area contributed by atoms with E-state index in [0.29, 0.717) is 34.5 Å². The highest BCUT2D eigenvalue weighted by Crippen LogP contribution is 2.34. The molecule has 4 heterocycles. The molecule has 32 heavy (non-hydrogen) atoms. The molecule has 0 amide bonds. The Kier molecular flexibility index (Phi) is 4.84. The van der Waals surface area contributed by atoms with Gasteiger partial charge >= 0.3 is 0 Å². The molecule has 9 nitrogen and oxygen atoms in total. The van der Waals surface area contributed by atoms with Crippen molar-refractivity contribution in [3.8, 4) is 28.7 Å².